The molecule has 6 rings (SSSR count). The second kappa shape index (κ2) is 18.8. The van der Waals surface area contributed by atoms with Crippen molar-refractivity contribution in [3.63, 3.8) is 0 Å². The summed E-state index contributed by atoms with van der Waals surface area (Å²) in [6, 6.07) is 30.3. The van der Waals surface area contributed by atoms with Crippen molar-refractivity contribution in [3.8, 4) is 0 Å². The topological polar surface area (TPSA) is 149 Å². The minimum absolute atomic E-state index is 0.185. The van der Waals surface area contributed by atoms with Gasteiger partial charge < -0.3 is 20.9 Å². The van der Waals surface area contributed by atoms with E-state index in [2.05, 4.69) is 79.4 Å². The molecule has 4 aromatic carbocycles. The highest BCUT2D eigenvalue weighted by Crippen LogP contribution is 2.22. The van der Waals surface area contributed by atoms with E-state index in [1.807, 2.05) is 105 Å². The SMILES string of the molecule is CC(C)c1cc(Cl)nc(NC(=O)Nc2ccc3ccccc3c2)n1.CC(C)c1cc(NCCCN(C)C)nc(NC(=O)Nc2ccc3ccccc3c2)n1. The van der Waals surface area contributed by atoms with Crippen LogP contribution in [-0.2, 0) is 0 Å². The third-order valence-corrected chi connectivity index (χ3v) is 8.39. The van der Waals surface area contributed by atoms with Gasteiger partial charge in [0.05, 0.1) is 11.4 Å². The van der Waals surface area contributed by atoms with Crippen LogP contribution in [-0.4, -0.2) is 64.1 Å². The quantitative estimate of drug-likeness (QED) is 0.0650. The number of aromatic nitrogens is 4. The molecule has 13 heteroatoms. The Bertz CT molecular complexity index is 2210. The molecule has 0 fully saturated rings. The highest BCUT2D eigenvalue weighted by Gasteiger charge is 2.12. The zero-order valence-electron chi connectivity index (χ0n) is 31.4. The standard InChI is InChI=1S/C23H30N6O.C18H17ClN4O/c1-16(2)20-15-21(24-12-7-13-29(3)4)27-22(26-20)28-23(30)25-19-11-10-17-8-5-6-9-18(17)14-19;1-11(2)15-10-16(19)22-17(21-15)23-18(24)20-14-8-7-12-5-3-4-6-13(12)9-14/h5-6,8-11,14-16H,7,12-13H2,1-4H3,(H3,24,25,26,27,28,30);3-11H,1-2H3,(H2,20,21,22,23,24). The lowest BCUT2D eigenvalue weighted by Gasteiger charge is -2.14. The van der Waals surface area contributed by atoms with Crippen LogP contribution in [0.4, 0.5) is 38.7 Å². The Kier molecular flexibility index (Phi) is 13.7. The fraction of sp³-hybridized carbons (Fsp3) is 0.268. The van der Waals surface area contributed by atoms with Gasteiger partial charge in [0.2, 0.25) is 11.9 Å². The van der Waals surface area contributed by atoms with Crippen molar-refractivity contribution in [2.24, 2.45) is 0 Å². The molecule has 0 unspecified atom stereocenters. The maximum atomic E-state index is 12.5. The van der Waals surface area contributed by atoms with Gasteiger partial charge in [0.1, 0.15) is 11.0 Å². The molecule has 0 atom stereocenters. The number of carbonyl (C=O) groups excluding carboxylic acids is 2. The van der Waals surface area contributed by atoms with E-state index < -0.39 is 6.03 Å². The van der Waals surface area contributed by atoms with Crippen molar-refractivity contribution in [1.29, 1.82) is 0 Å². The van der Waals surface area contributed by atoms with Crippen molar-refractivity contribution >= 4 is 74.3 Å². The first-order valence-corrected chi connectivity index (χ1v) is 18.3. The molecule has 0 aliphatic carbocycles. The molecule has 0 spiro atoms. The van der Waals surface area contributed by atoms with Gasteiger partial charge in [0, 0.05) is 24.0 Å². The Balaban J connectivity index is 0.000000213. The number of carbonyl (C=O) groups is 2. The van der Waals surface area contributed by atoms with E-state index in [4.69, 9.17) is 11.6 Å². The minimum atomic E-state index is -0.415. The van der Waals surface area contributed by atoms with E-state index in [1.54, 1.807) is 6.07 Å². The maximum Gasteiger partial charge on any atom is 0.326 e. The summed E-state index contributed by atoms with van der Waals surface area (Å²) in [6.07, 6.45) is 0.999. The van der Waals surface area contributed by atoms with E-state index in [9.17, 15) is 9.59 Å². The highest BCUT2D eigenvalue weighted by atomic mass is 35.5. The Morgan fingerprint density at radius 2 is 1.09 bits per heavy atom. The Labute approximate surface area is 321 Å². The highest BCUT2D eigenvalue weighted by molar-refractivity contribution is 6.29. The van der Waals surface area contributed by atoms with Crippen LogP contribution in [0.1, 0.15) is 57.3 Å². The minimum Gasteiger partial charge on any atom is -0.370 e. The predicted molar refractivity (Wildman–Crippen MR) is 222 cm³/mol. The van der Waals surface area contributed by atoms with Gasteiger partial charge in [-0.1, -0.05) is 100.0 Å². The first kappa shape index (κ1) is 39.4. The summed E-state index contributed by atoms with van der Waals surface area (Å²) in [5.74, 6) is 1.60. The van der Waals surface area contributed by atoms with Crippen molar-refractivity contribution in [3.05, 3.63) is 114 Å². The van der Waals surface area contributed by atoms with Gasteiger partial charge in [-0.3, -0.25) is 10.6 Å². The van der Waals surface area contributed by atoms with Gasteiger partial charge in [-0.2, -0.15) is 4.98 Å². The zero-order valence-corrected chi connectivity index (χ0v) is 32.2. The summed E-state index contributed by atoms with van der Waals surface area (Å²) in [5.41, 5.74) is 3.06. The van der Waals surface area contributed by atoms with Crippen molar-refractivity contribution in [2.45, 2.75) is 46.0 Å². The molecule has 0 bridgehead atoms. The van der Waals surface area contributed by atoms with Crippen LogP contribution in [0, 0.1) is 0 Å². The van der Waals surface area contributed by atoms with Gasteiger partial charge >= 0.3 is 12.1 Å². The lowest BCUT2D eigenvalue weighted by Crippen LogP contribution is -2.22. The molecule has 2 aromatic heterocycles. The molecule has 2 heterocycles. The molecule has 0 aliphatic rings. The smallest absolute Gasteiger partial charge is 0.326 e. The number of urea groups is 2. The second-order valence-electron chi connectivity index (χ2n) is 13.6. The Morgan fingerprint density at radius 1 is 0.611 bits per heavy atom. The first-order chi connectivity index (χ1) is 25.9. The summed E-state index contributed by atoms with van der Waals surface area (Å²) in [4.78, 5) is 44.1. The molecule has 6 aromatic rings. The number of anilines is 5. The van der Waals surface area contributed by atoms with Crippen LogP contribution in [0.15, 0.2) is 97.1 Å². The molecule has 5 N–H and O–H groups in total. The number of nitrogens with one attached hydrogen (secondary N) is 5. The van der Waals surface area contributed by atoms with Gasteiger partial charge in [-0.05, 0) is 90.8 Å². The van der Waals surface area contributed by atoms with E-state index >= 15 is 0 Å². The number of hydrogen-bond donors (Lipinski definition) is 5. The lowest BCUT2D eigenvalue weighted by atomic mass is 10.1. The molecule has 54 heavy (non-hydrogen) atoms. The predicted octanol–water partition coefficient (Wildman–Crippen LogP) is 9.81. The fourth-order valence-electron chi connectivity index (χ4n) is 5.37. The summed E-state index contributed by atoms with van der Waals surface area (Å²) in [7, 11) is 4.11. The van der Waals surface area contributed by atoms with Crippen LogP contribution in [0.3, 0.4) is 0 Å². The Hall–Kier alpha value is -5.85. The third-order valence-electron chi connectivity index (χ3n) is 8.20. The number of nitrogens with zero attached hydrogens (tertiary/aromatic N) is 5. The van der Waals surface area contributed by atoms with Gasteiger partial charge in [0.25, 0.3) is 0 Å². The second-order valence-corrected chi connectivity index (χ2v) is 14.0. The summed E-state index contributed by atoms with van der Waals surface area (Å²) in [5, 5.41) is 19.0. The van der Waals surface area contributed by atoms with Crippen LogP contribution in [0.5, 0.6) is 0 Å². The van der Waals surface area contributed by atoms with Gasteiger partial charge in [-0.25, -0.2) is 24.5 Å². The molecular formula is C41H47ClN10O2. The average molecular weight is 747 g/mol. The normalized spacial score (nSPS) is 11.0. The van der Waals surface area contributed by atoms with Crippen LogP contribution >= 0.6 is 11.6 Å². The van der Waals surface area contributed by atoms with Gasteiger partial charge in [0.15, 0.2) is 0 Å². The number of hydrogen-bond acceptors (Lipinski definition) is 8. The van der Waals surface area contributed by atoms with Crippen molar-refractivity contribution in [1.82, 2.24) is 24.8 Å². The Morgan fingerprint density at radius 3 is 1.59 bits per heavy atom. The van der Waals surface area contributed by atoms with Crippen LogP contribution < -0.4 is 26.6 Å². The van der Waals surface area contributed by atoms with Crippen LogP contribution in [0.25, 0.3) is 21.5 Å². The number of amides is 4. The largest absolute Gasteiger partial charge is 0.370 e. The molecule has 0 radical (unpaired) electrons. The fourth-order valence-corrected chi connectivity index (χ4v) is 5.56. The van der Waals surface area contributed by atoms with E-state index in [0.717, 1.165) is 52.4 Å². The van der Waals surface area contributed by atoms with E-state index in [0.29, 0.717) is 22.3 Å². The number of rotatable bonds is 11. The zero-order chi connectivity index (χ0) is 38.6. The van der Waals surface area contributed by atoms with Gasteiger partial charge in [-0.15, -0.1) is 0 Å². The molecule has 280 valence electrons. The third kappa shape index (κ3) is 11.8. The summed E-state index contributed by atoms with van der Waals surface area (Å²) >= 11 is 5.98. The maximum absolute atomic E-state index is 12.5. The molecule has 12 nitrogen and oxygen atoms in total. The monoisotopic (exact) mass is 746 g/mol. The van der Waals surface area contributed by atoms with E-state index in [-0.39, 0.29) is 29.8 Å². The van der Waals surface area contributed by atoms with E-state index in [1.165, 1.54) is 0 Å². The molecular weight excluding hydrogens is 700 g/mol. The molecule has 4 amide bonds. The van der Waals surface area contributed by atoms with Crippen molar-refractivity contribution in [2.75, 3.05) is 53.8 Å². The molecule has 0 aliphatic heterocycles. The number of benzene rings is 4. The average Bonchev–Trinajstić information content (AvgIpc) is 3.13. The lowest BCUT2D eigenvalue weighted by molar-refractivity contribution is 0.261. The number of halogens is 1. The first-order valence-electron chi connectivity index (χ1n) is 17.9. The molecule has 0 saturated heterocycles. The number of fused-ring (bicyclic) bond motifs is 2. The summed E-state index contributed by atoms with van der Waals surface area (Å²) < 4.78 is 0. The van der Waals surface area contributed by atoms with Crippen LogP contribution in [0.2, 0.25) is 5.15 Å². The summed E-state index contributed by atoms with van der Waals surface area (Å²) in [6.45, 7) is 9.92. The molecule has 0 saturated carbocycles. The van der Waals surface area contributed by atoms with Crippen molar-refractivity contribution < 1.29 is 9.59 Å².